The van der Waals surface area contributed by atoms with Crippen LogP contribution in [0.1, 0.15) is 12.0 Å². The second-order valence-corrected chi connectivity index (χ2v) is 8.52. The first-order valence-corrected chi connectivity index (χ1v) is 12.1. The summed E-state index contributed by atoms with van der Waals surface area (Å²) in [5.41, 5.74) is 3.47. The molecule has 2 aromatic carbocycles. The lowest BCUT2D eigenvalue weighted by atomic mass is 10.1. The Kier molecular flexibility index (Phi) is 9.94. The molecule has 2 aromatic heterocycles. The highest BCUT2D eigenvalue weighted by Gasteiger charge is 2.11. The van der Waals surface area contributed by atoms with Crippen LogP contribution in [-0.2, 0) is 22.3 Å². The van der Waals surface area contributed by atoms with E-state index < -0.39 is 16.0 Å². The van der Waals surface area contributed by atoms with Gasteiger partial charge in [-0.05, 0) is 47.9 Å². The number of non-ortho nitro benzene ring substituents is 1. The number of nitrogens with zero attached hydrogens (tertiary/aromatic N) is 3. The number of anilines is 1. The van der Waals surface area contributed by atoms with Crippen LogP contribution in [0, 0.1) is 10.1 Å². The van der Waals surface area contributed by atoms with E-state index in [9.17, 15) is 19.1 Å². The third-order valence-corrected chi connectivity index (χ3v) is 5.74. The minimum absolute atomic E-state index is 0.0733. The van der Waals surface area contributed by atoms with E-state index in [0.29, 0.717) is 24.4 Å². The van der Waals surface area contributed by atoms with Gasteiger partial charge in [-0.15, -0.1) is 0 Å². The smallest absolute Gasteiger partial charge is 0.269 e. The molecule has 1 amide bonds. The summed E-state index contributed by atoms with van der Waals surface area (Å²) in [5, 5.41) is 13.0. The zero-order valence-corrected chi connectivity index (χ0v) is 20.6. The van der Waals surface area contributed by atoms with Gasteiger partial charge in [0, 0.05) is 42.7 Å². The third-order valence-electron chi connectivity index (χ3n) is 5.06. The van der Waals surface area contributed by atoms with E-state index in [1.54, 1.807) is 18.6 Å². The average Bonchev–Trinajstić information content (AvgIpc) is 2.93. The molecule has 37 heavy (non-hydrogen) atoms. The van der Waals surface area contributed by atoms with Gasteiger partial charge in [-0.25, -0.2) is 9.19 Å². The first kappa shape index (κ1) is 27.1. The first-order valence-electron chi connectivity index (χ1n) is 11.0. The van der Waals surface area contributed by atoms with Crippen molar-refractivity contribution in [2.24, 2.45) is 0 Å². The molecule has 190 valence electrons. The molecule has 1 atom stereocenters. The third kappa shape index (κ3) is 8.30. The highest BCUT2D eigenvalue weighted by molar-refractivity contribution is 7.79. The number of benzene rings is 2. The van der Waals surface area contributed by atoms with Crippen LogP contribution < -0.4 is 10.1 Å². The van der Waals surface area contributed by atoms with E-state index >= 15 is 0 Å². The summed E-state index contributed by atoms with van der Waals surface area (Å²) in [6.45, 7) is 0. The Labute approximate surface area is 215 Å². The van der Waals surface area contributed by atoms with Crippen LogP contribution in [0.15, 0.2) is 96.3 Å². The van der Waals surface area contributed by atoms with Gasteiger partial charge in [0.05, 0.1) is 16.9 Å². The van der Waals surface area contributed by atoms with Crippen LogP contribution in [0.25, 0.3) is 11.1 Å². The highest BCUT2D eigenvalue weighted by Crippen LogP contribution is 2.28. The van der Waals surface area contributed by atoms with Crippen LogP contribution in [0.2, 0.25) is 0 Å². The molecule has 2 heterocycles. The van der Waals surface area contributed by atoms with E-state index in [2.05, 4.69) is 15.3 Å². The van der Waals surface area contributed by atoms with Crippen molar-refractivity contribution < 1.29 is 23.2 Å². The predicted molar refractivity (Wildman–Crippen MR) is 140 cm³/mol. The molecule has 0 fully saturated rings. The first-order chi connectivity index (χ1) is 17.9. The monoisotopic (exact) mass is 520 g/mol. The van der Waals surface area contributed by atoms with Gasteiger partial charge in [-0.1, -0.05) is 30.3 Å². The number of rotatable bonds is 8. The van der Waals surface area contributed by atoms with Gasteiger partial charge in [0.2, 0.25) is 11.8 Å². The second-order valence-electron chi connectivity index (χ2n) is 7.55. The Bertz CT molecular complexity index is 1320. The molecule has 0 aliphatic carbocycles. The van der Waals surface area contributed by atoms with Crippen molar-refractivity contribution in [2.75, 3.05) is 12.4 Å². The van der Waals surface area contributed by atoms with Crippen LogP contribution >= 0.6 is 0 Å². The molecule has 10 nitrogen and oxygen atoms in total. The molecule has 0 radical (unpaired) electrons. The number of aryl methyl sites for hydroxylation is 1. The molecule has 11 heteroatoms. The zero-order chi connectivity index (χ0) is 26.6. The van der Waals surface area contributed by atoms with Crippen LogP contribution in [-0.4, -0.2) is 36.7 Å². The normalized spacial score (nSPS) is 11.0. The Morgan fingerprint density at radius 1 is 1.05 bits per heavy atom. The number of pyridine rings is 2. The number of ether oxygens (including phenoxy) is 1. The predicted octanol–water partition coefficient (Wildman–Crippen LogP) is 4.90. The number of methoxy groups -OCH3 is 1. The second kappa shape index (κ2) is 13.6. The van der Waals surface area contributed by atoms with E-state index in [1.165, 1.54) is 31.4 Å². The Balaban J connectivity index is 0.000000266. The Hall–Kier alpha value is -4.48. The number of nitro benzene ring substituents is 1. The molecular formula is C26H24N4O6S. The standard InChI is InChI=1S/C20H19N3O2.C6H5NO4S/c1-25-20-18(13-17(14-22-20)16-9-11-21-12-10-16)23-19(24)8-7-15-5-3-2-4-6-15;8-7(9)5-1-3-6(4-2-5)12(10)11/h2-6,9-14H,7-8H2,1H3,(H,23,24);1-4H,(H,10,11). The number of nitrogens with one attached hydrogen (secondary N) is 1. The molecule has 4 rings (SSSR count). The van der Waals surface area contributed by atoms with Gasteiger partial charge in [0.15, 0.2) is 11.1 Å². The fourth-order valence-electron chi connectivity index (χ4n) is 3.21. The molecule has 2 N–H and O–H groups in total. The minimum atomic E-state index is -2.07. The largest absolute Gasteiger partial charge is 0.480 e. The van der Waals surface area contributed by atoms with Gasteiger partial charge in [0.1, 0.15) is 5.69 Å². The van der Waals surface area contributed by atoms with E-state index in [1.807, 2.05) is 48.5 Å². The summed E-state index contributed by atoms with van der Waals surface area (Å²) < 4.78 is 24.2. The summed E-state index contributed by atoms with van der Waals surface area (Å²) in [4.78, 5) is 30.3. The maximum absolute atomic E-state index is 12.3. The number of carbonyl (C=O) groups excluding carboxylic acids is 1. The van der Waals surface area contributed by atoms with Gasteiger partial charge < -0.3 is 14.6 Å². The van der Waals surface area contributed by atoms with Gasteiger partial charge >= 0.3 is 0 Å². The maximum Gasteiger partial charge on any atom is 0.269 e. The van der Waals surface area contributed by atoms with Gasteiger partial charge in [-0.3, -0.25) is 19.9 Å². The van der Waals surface area contributed by atoms with Crippen molar-refractivity contribution in [1.29, 1.82) is 0 Å². The Morgan fingerprint density at radius 2 is 1.73 bits per heavy atom. The SMILES string of the molecule is COc1ncc(-c2ccncc2)cc1NC(=O)CCc1ccccc1.O=[N+]([O-])c1ccc(S(=O)O)cc1. The van der Waals surface area contributed by atoms with Crippen molar-refractivity contribution in [2.45, 2.75) is 17.7 Å². The zero-order valence-electron chi connectivity index (χ0n) is 19.8. The number of carbonyl (C=O) groups is 1. The van der Waals surface area contributed by atoms with E-state index in [-0.39, 0.29) is 16.5 Å². The fourth-order valence-corrected chi connectivity index (χ4v) is 3.58. The van der Waals surface area contributed by atoms with Crippen molar-refractivity contribution in [3.63, 3.8) is 0 Å². The maximum atomic E-state index is 12.3. The van der Waals surface area contributed by atoms with Gasteiger partial charge in [-0.2, -0.15) is 0 Å². The topological polar surface area (TPSA) is 145 Å². The molecule has 0 aliphatic heterocycles. The Morgan fingerprint density at radius 3 is 2.32 bits per heavy atom. The van der Waals surface area contributed by atoms with Gasteiger partial charge in [0.25, 0.3) is 5.69 Å². The molecule has 0 spiro atoms. The minimum Gasteiger partial charge on any atom is -0.480 e. The molecule has 0 aliphatic rings. The molecule has 4 aromatic rings. The average molecular weight is 521 g/mol. The summed E-state index contributed by atoms with van der Waals surface area (Å²) in [7, 11) is 1.54. The van der Waals surface area contributed by atoms with E-state index in [4.69, 9.17) is 9.29 Å². The molecular weight excluding hydrogens is 496 g/mol. The quantitative estimate of drug-likeness (QED) is 0.190. The van der Waals surface area contributed by atoms with Crippen molar-refractivity contribution in [3.05, 3.63) is 107 Å². The number of hydrogen-bond acceptors (Lipinski definition) is 7. The number of nitro groups is 1. The summed E-state index contributed by atoms with van der Waals surface area (Å²) in [6.07, 6.45) is 6.24. The fraction of sp³-hybridized carbons (Fsp3) is 0.115. The number of amides is 1. The van der Waals surface area contributed by atoms with Crippen LogP contribution in [0.4, 0.5) is 11.4 Å². The molecule has 0 saturated heterocycles. The summed E-state index contributed by atoms with van der Waals surface area (Å²) in [6, 6.07) is 20.4. The van der Waals surface area contributed by atoms with Crippen LogP contribution in [0.3, 0.4) is 0 Å². The number of aromatic nitrogens is 2. The highest BCUT2D eigenvalue weighted by atomic mass is 32.2. The molecule has 0 saturated carbocycles. The number of hydrogen-bond donors (Lipinski definition) is 2. The summed E-state index contributed by atoms with van der Waals surface area (Å²) >= 11 is -2.07. The van der Waals surface area contributed by atoms with E-state index in [0.717, 1.165) is 16.7 Å². The van der Waals surface area contributed by atoms with Crippen molar-refractivity contribution in [3.8, 4) is 17.0 Å². The van der Waals surface area contributed by atoms with Crippen molar-refractivity contribution in [1.82, 2.24) is 9.97 Å². The van der Waals surface area contributed by atoms with Crippen molar-refractivity contribution >= 4 is 28.4 Å². The molecule has 0 bridgehead atoms. The molecule has 1 unspecified atom stereocenters. The summed E-state index contributed by atoms with van der Waals surface area (Å²) in [5.74, 6) is 0.321. The lowest BCUT2D eigenvalue weighted by Crippen LogP contribution is -2.13. The lowest BCUT2D eigenvalue weighted by Gasteiger charge is -2.11. The lowest BCUT2D eigenvalue weighted by molar-refractivity contribution is -0.384. The van der Waals surface area contributed by atoms with Crippen LogP contribution in [0.5, 0.6) is 5.88 Å².